The number of aryl methyl sites for hydroxylation is 2. The van der Waals surface area contributed by atoms with Gasteiger partial charge in [0.2, 0.25) is 0 Å². The third-order valence-corrected chi connectivity index (χ3v) is 4.05. The number of benzene rings is 2. The van der Waals surface area contributed by atoms with Gasteiger partial charge in [0.25, 0.3) is 0 Å². The molecule has 2 aromatic carbocycles. The first-order valence-corrected chi connectivity index (χ1v) is 8.59. The maximum Gasteiger partial charge on any atom is 0.116 e. The minimum Gasteiger partial charge on any atom is -0.317 e. The Morgan fingerprint density at radius 3 is 1.88 bits per heavy atom. The van der Waals surface area contributed by atoms with Crippen molar-refractivity contribution in [2.24, 2.45) is 5.92 Å². The van der Waals surface area contributed by atoms with E-state index in [0.717, 1.165) is 12.7 Å². The van der Waals surface area contributed by atoms with Gasteiger partial charge in [-0.15, -0.1) is 0 Å². The number of carbonyl (C=O) groups is 1. The Kier molecular flexibility index (Phi) is 12.4. The highest BCUT2D eigenvalue weighted by molar-refractivity contribution is 5.44. The molecule has 0 saturated heterocycles. The normalized spacial score (nSPS) is 11.9. The van der Waals surface area contributed by atoms with Crippen LogP contribution < -0.4 is 5.32 Å². The molecule has 2 aromatic rings. The van der Waals surface area contributed by atoms with Gasteiger partial charge in [-0.3, -0.25) is 0 Å². The minimum absolute atomic E-state index is 0.578. The molecule has 0 aromatic heterocycles. The Balaban J connectivity index is 0.000000439. The van der Waals surface area contributed by atoms with Crippen LogP contribution in [0.15, 0.2) is 54.6 Å². The topological polar surface area (TPSA) is 29.1 Å². The molecule has 0 bridgehead atoms. The molecule has 2 rings (SSSR count). The van der Waals surface area contributed by atoms with Crippen LogP contribution in [0.4, 0.5) is 0 Å². The maximum absolute atomic E-state index is 8.81. The second-order valence-electron chi connectivity index (χ2n) is 6.08. The predicted molar refractivity (Wildman–Crippen MR) is 105 cm³/mol. The third-order valence-electron chi connectivity index (χ3n) is 4.05. The molecule has 0 radical (unpaired) electrons. The molecule has 2 heteroatoms. The second kappa shape index (κ2) is 13.5. The van der Waals surface area contributed by atoms with E-state index in [2.05, 4.69) is 69.4 Å². The Labute approximate surface area is 148 Å². The summed E-state index contributed by atoms with van der Waals surface area (Å²) < 4.78 is 0. The second-order valence-corrected chi connectivity index (χ2v) is 6.08. The fourth-order valence-corrected chi connectivity index (χ4v) is 2.18. The van der Waals surface area contributed by atoms with E-state index in [1.807, 2.05) is 25.2 Å². The molecule has 0 saturated carbocycles. The van der Waals surface area contributed by atoms with Gasteiger partial charge in [-0.05, 0) is 58.2 Å². The molecular formula is C22H33NO. The van der Waals surface area contributed by atoms with Gasteiger partial charge in [0, 0.05) is 6.04 Å². The minimum atomic E-state index is 0.578. The van der Waals surface area contributed by atoms with E-state index in [9.17, 15) is 0 Å². The van der Waals surface area contributed by atoms with Crippen molar-refractivity contribution < 1.29 is 4.79 Å². The average Bonchev–Trinajstić information content (AvgIpc) is 2.58. The predicted octanol–water partition coefficient (Wildman–Crippen LogP) is 4.98. The number of hydrogen-bond donors (Lipinski definition) is 1. The zero-order valence-electron chi connectivity index (χ0n) is 16.0. The van der Waals surface area contributed by atoms with Gasteiger partial charge >= 0.3 is 0 Å². The molecule has 0 aliphatic heterocycles. The molecule has 0 amide bonds. The molecular weight excluding hydrogens is 294 g/mol. The van der Waals surface area contributed by atoms with E-state index in [-0.39, 0.29) is 0 Å². The van der Waals surface area contributed by atoms with Crippen LogP contribution in [0, 0.1) is 19.8 Å². The van der Waals surface area contributed by atoms with Crippen molar-refractivity contribution in [1.82, 2.24) is 5.32 Å². The SMILES string of the molecule is CC=O.CNC(C)C(C)Cc1ccccc1C.Cc1ccccc1. The fourth-order valence-electron chi connectivity index (χ4n) is 2.18. The van der Waals surface area contributed by atoms with Crippen molar-refractivity contribution >= 4 is 6.29 Å². The number of aldehydes is 1. The Morgan fingerprint density at radius 2 is 1.46 bits per heavy atom. The van der Waals surface area contributed by atoms with E-state index in [0.29, 0.717) is 12.0 Å². The summed E-state index contributed by atoms with van der Waals surface area (Å²) >= 11 is 0. The first-order valence-electron chi connectivity index (χ1n) is 8.59. The summed E-state index contributed by atoms with van der Waals surface area (Å²) in [5.74, 6) is 0.682. The first kappa shape index (κ1) is 22.1. The van der Waals surface area contributed by atoms with Gasteiger partial charge < -0.3 is 10.1 Å². The monoisotopic (exact) mass is 327 g/mol. The molecule has 0 aliphatic rings. The first-order chi connectivity index (χ1) is 11.5. The van der Waals surface area contributed by atoms with E-state index in [4.69, 9.17) is 4.79 Å². The molecule has 1 N–H and O–H groups in total. The third kappa shape index (κ3) is 9.96. The van der Waals surface area contributed by atoms with Crippen LogP contribution in [0.3, 0.4) is 0 Å². The molecule has 2 nitrogen and oxygen atoms in total. The summed E-state index contributed by atoms with van der Waals surface area (Å²) in [6.07, 6.45) is 1.91. The lowest BCUT2D eigenvalue weighted by Crippen LogP contribution is -2.29. The molecule has 2 atom stereocenters. The van der Waals surface area contributed by atoms with Crippen molar-refractivity contribution in [3.05, 3.63) is 71.3 Å². The van der Waals surface area contributed by atoms with E-state index >= 15 is 0 Å². The summed E-state index contributed by atoms with van der Waals surface area (Å²) in [5.41, 5.74) is 4.20. The highest BCUT2D eigenvalue weighted by Gasteiger charge is 2.11. The van der Waals surface area contributed by atoms with Gasteiger partial charge in [0.1, 0.15) is 6.29 Å². The number of nitrogens with one attached hydrogen (secondary N) is 1. The molecule has 0 heterocycles. The van der Waals surface area contributed by atoms with Crippen molar-refractivity contribution in [3.8, 4) is 0 Å². The van der Waals surface area contributed by atoms with Crippen molar-refractivity contribution in [1.29, 1.82) is 0 Å². The van der Waals surface area contributed by atoms with Crippen LogP contribution in [0.5, 0.6) is 0 Å². The van der Waals surface area contributed by atoms with Crippen LogP contribution in [0.2, 0.25) is 0 Å². The molecule has 2 unspecified atom stereocenters. The highest BCUT2D eigenvalue weighted by atomic mass is 16.1. The molecule has 132 valence electrons. The quantitative estimate of drug-likeness (QED) is 0.802. The van der Waals surface area contributed by atoms with Gasteiger partial charge in [-0.25, -0.2) is 0 Å². The zero-order chi connectivity index (χ0) is 18.4. The lowest BCUT2D eigenvalue weighted by molar-refractivity contribution is -0.106. The number of hydrogen-bond acceptors (Lipinski definition) is 2. The van der Waals surface area contributed by atoms with Crippen LogP contribution >= 0.6 is 0 Å². The number of rotatable bonds is 4. The molecule has 0 fully saturated rings. The highest BCUT2D eigenvalue weighted by Crippen LogP contribution is 2.15. The summed E-state index contributed by atoms with van der Waals surface area (Å²) in [4.78, 5) is 8.81. The summed E-state index contributed by atoms with van der Waals surface area (Å²) in [7, 11) is 2.03. The van der Waals surface area contributed by atoms with Crippen LogP contribution in [-0.4, -0.2) is 19.4 Å². The van der Waals surface area contributed by atoms with E-state index in [1.165, 1.54) is 23.6 Å². The van der Waals surface area contributed by atoms with Crippen molar-refractivity contribution in [2.45, 2.75) is 47.1 Å². The summed E-state index contributed by atoms with van der Waals surface area (Å²) in [5, 5.41) is 3.30. The van der Waals surface area contributed by atoms with Crippen LogP contribution in [0.25, 0.3) is 0 Å². The smallest absolute Gasteiger partial charge is 0.116 e. The lowest BCUT2D eigenvalue weighted by Gasteiger charge is -2.20. The summed E-state index contributed by atoms with van der Waals surface area (Å²) in [6.45, 7) is 10.3. The summed E-state index contributed by atoms with van der Waals surface area (Å²) in [6, 6.07) is 19.5. The largest absolute Gasteiger partial charge is 0.317 e. The van der Waals surface area contributed by atoms with Gasteiger partial charge in [-0.2, -0.15) is 0 Å². The maximum atomic E-state index is 8.81. The van der Waals surface area contributed by atoms with E-state index in [1.54, 1.807) is 0 Å². The zero-order valence-corrected chi connectivity index (χ0v) is 16.0. The Morgan fingerprint density at radius 1 is 0.958 bits per heavy atom. The molecule has 0 spiro atoms. The van der Waals surface area contributed by atoms with Gasteiger partial charge in [-0.1, -0.05) is 67.1 Å². The molecule has 24 heavy (non-hydrogen) atoms. The standard InChI is InChI=1S/C13H21N.C7H8.C2H4O/c1-10-7-5-6-8-13(10)9-11(2)12(3)14-4;1-7-5-3-2-4-6-7;1-2-3/h5-8,11-12,14H,9H2,1-4H3;2-6H,1H3;2H,1H3. The Bertz CT molecular complexity index is 551. The van der Waals surface area contributed by atoms with Gasteiger partial charge in [0.15, 0.2) is 0 Å². The Hall–Kier alpha value is -1.93. The lowest BCUT2D eigenvalue weighted by atomic mass is 9.93. The van der Waals surface area contributed by atoms with Crippen molar-refractivity contribution in [2.75, 3.05) is 7.05 Å². The molecule has 0 aliphatic carbocycles. The van der Waals surface area contributed by atoms with Crippen molar-refractivity contribution in [3.63, 3.8) is 0 Å². The van der Waals surface area contributed by atoms with Crippen LogP contribution in [-0.2, 0) is 11.2 Å². The fraction of sp³-hybridized carbons (Fsp3) is 0.409. The number of carbonyl (C=O) groups excluding carboxylic acids is 1. The van der Waals surface area contributed by atoms with Gasteiger partial charge in [0.05, 0.1) is 0 Å². The van der Waals surface area contributed by atoms with E-state index < -0.39 is 0 Å². The average molecular weight is 328 g/mol. The van der Waals surface area contributed by atoms with Crippen LogP contribution in [0.1, 0.15) is 37.5 Å².